The number of hydrogen-bond donors (Lipinski definition) is 1. The molecule has 1 amide bonds. The molecule has 1 N–H and O–H groups in total. The zero-order valence-electron chi connectivity index (χ0n) is 17.9. The summed E-state index contributed by atoms with van der Waals surface area (Å²) in [5, 5.41) is 11.1. The topological polar surface area (TPSA) is 95.2 Å². The molecule has 8 nitrogen and oxygen atoms in total. The summed E-state index contributed by atoms with van der Waals surface area (Å²) < 4.78 is 32.5. The van der Waals surface area contributed by atoms with Crippen LogP contribution in [0.1, 0.15) is 35.9 Å². The lowest BCUT2D eigenvalue weighted by molar-refractivity contribution is -0.131. The van der Waals surface area contributed by atoms with Crippen molar-refractivity contribution in [1.82, 2.24) is 9.31 Å². The predicted octanol–water partition coefficient (Wildman–Crippen LogP) is 3.92. The number of nitrogens with zero attached hydrogens (tertiary/aromatic N) is 3. The van der Waals surface area contributed by atoms with E-state index >= 15 is 0 Å². The molecule has 2 aromatic heterocycles. The van der Waals surface area contributed by atoms with Crippen LogP contribution in [0.3, 0.4) is 0 Å². The SMILES string of the molecule is O=C(CNc1ccc(S(=O)(=O)N2CCCC2)cc1)N1N=C(c2cccs2)C[C@@H]1c1ccco1. The highest BCUT2D eigenvalue weighted by Crippen LogP contribution is 2.34. The molecular formula is C23H24N4O4S2. The summed E-state index contributed by atoms with van der Waals surface area (Å²) in [7, 11) is -3.46. The number of carbonyl (C=O) groups is 1. The number of hydrogen-bond acceptors (Lipinski definition) is 7. The van der Waals surface area contributed by atoms with E-state index < -0.39 is 10.0 Å². The lowest BCUT2D eigenvalue weighted by atomic mass is 10.1. The van der Waals surface area contributed by atoms with Gasteiger partial charge in [0.05, 0.1) is 28.3 Å². The number of benzene rings is 1. The van der Waals surface area contributed by atoms with Crippen molar-refractivity contribution in [2.75, 3.05) is 25.0 Å². The molecule has 2 aliphatic rings. The maximum absolute atomic E-state index is 13.1. The van der Waals surface area contributed by atoms with E-state index in [1.54, 1.807) is 47.9 Å². The number of anilines is 1. The quantitative estimate of drug-likeness (QED) is 0.549. The third-order valence-electron chi connectivity index (χ3n) is 5.84. The zero-order chi connectivity index (χ0) is 22.8. The van der Waals surface area contributed by atoms with Gasteiger partial charge < -0.3 is 9.73 Å². The highest BCUT2D eigenvalue weighted by Gasteiger charge is 2.35. The summed E-state index contributed by atoms with van der Waals surface area (Å²) in [6, 6.07) is 13.8. The zero-order valence-corrected chi connectivity index (χ0v) is 19.5. The van der Waals surface area contributed by atoms with Gasteiger partial charge in [0.1, 0.15) is 11.8 Å². The first-order valence-electron chi connectivity index (χ1n) is 10.8. The highest BCUT2D eigenvalue weighted by molar-refractivity contribution is 7.89. The molecule has 1 saturated heterocycles. The summed E-state index contributed by atoms with van der Waals surface area (Å²) in [4.78, 5) is 14.4. The molecule has 2 aliphatic heterocycles. The lowest BCUT2D eigenvalue weighted by Gasteiger charge is -2.20. The fourth-order valence-electron chi connectivity index (χ4n) is 4.12. The molecular weight excluding hydrogens is 460 g/mol. The first kappa shape index (κ1) is 21.9. The molecule has 10 heteroatoms. The first-order valence-corrected chi connectivity index (χ1v) is 13.2. The number of rotatable bonds is 7. The largest absolute Gasteiger partial charge is 0.467 e. The Balaban J connectivity index is 1.27. The maximum atomic E-state index is 13.1. The number of nitrogens with one attached hydrogen (secondary N) is 1. The van der Waals surface area contributed by atoms with Crippen molar-refractivity contribution in [3.63, 3.8) is 0 Å². The highest BCUT2D eigenvalue weighted by atomic mass is 32.2. The average Bonchev–Trinajstić information content (AvgIpc) is 3.64. The van der Waals surface area contributed by atoms with E-state index in [0.29, 0.717) is 31.0 Å². The van der Waals surface area contributed by atoms with Crippen LogP contribution in [0.5, 0.6) is 0 Å². The molecule has 0 spiro atoms. The normalized spacial score (nSPS) is 19.1. The molecule has 0 bridgehead atoms. The maximum Gasteiger partial charge on any atom is 0.262 e. The molecule has 0 unspecified atom stereocenters. The summed E-state index contributed by atoms with van der Waals surface area (Å²) in [5.41, 5.74) is 1.52. The van der Waals surface area contributed by atoms with Gasteiger partial charge in [-0.15, -0.1) is 11.3 Å². The standard InChI is InChI=1S/C23H24N4O4S2/c28-23(16-24-17-7-9-18(10-8-17)33(29,30)26-11-1-2-12-26)27-20(21-5-3-13-31-21)15-19(25-27)22-6-4-14-32-22/h3-10,13-14,20,24H,1-2,11-12,15-16H2/t20-/m1/s1. The molecule has 0 saturated carbocycles. The van der Waals surface area contributed by atoms with Crippen molar-refractivity contribution in [2.45, 2.75) is 30.2 Å². The van der Waals surface area contributed by atoms with Gasteiger partial charge in [-0.2, -0.15) is 9.41 Å². The minimum Gasteiger partial charge on any atom is -0.467 e. The summed E-state index contributed by atoms with van der Waals surface area (Å²) >= 11 is 1.59. The number of furan rings is 1. The molecule has 1 aromatic carbocycles. The lowest BCUT2D eigenvalue weighted by Crippen LogP contribution is -2.32. The molecule has 172 valence electrons. The van der Waals surface area contributed by atoms with Crippen molar-refractivity contribution in [2.24, 2.45) is 5.10 Å². The fraction of sp³-hybridized carbons (Fsp3) is 0.304. The van der Waals surface area contributed by atoms with Crippen LogP contribution in [0.15, 0.2) is 74.6 Å². The van der Waals surface area contributed by atoms with Crippen molar-refractivity contribution in [3.8, 4) is 0 Å². The molecule has 3 aromatic rings. The van der Waals surface area contributed by atoms with Gasteiger partial charge in [-0.25, -0.2) is 13.4 Å². The Morgan fingerprint density at radius 2 is 1.91 bits per heavy atom. The van der Waals surface area contributed by atoms with Gasteiger partial charge in [0, 0.05) is 25.2 Å². The molecule has 0 aliphatic carbocycles. The van der Waals surface area contributed by atoms with Crippen molar-refractivity contribution in [1.29, 1.82) is 0 Å². The minimum atomic E-state index is -3.46. The van der Waals surface area contributed by atoms with E-state index in [9.17, 15) is 13.2 Å². The molecule has 4 heterocycles. The Morgan fingerprint density at radius 1 is 1.12 bits per heavy atom. The van der Waals surface area contributed by atoms with Crippen molar-refractivity contribution >= 4 is 38.7 Å². The van der Waals surface area contributed by atoms with Crippen LogP contribution >= 0.6 is 11.3 Å². The molecule has 1 atom stereocenters. The summed E-state index contributed by atoms with van der Waals surface area (Å²) in [6.45, 7) is 1.16. The van der Waals surface area contributed by atoms with Gasteiger partial charge in [0.2, 0.25) is 10.0 Å². The molecule has 33 heavy (non-hydrogen) atoms. The van der Waals surface area contributed by atoms with Crippen LogP contribution in [0, 0.1) is 0 Å². The van der Waals surface area contributed by atoms with E-state index in [1.165, 1.54) is 9.31 Å². The van der Waals surface area contributed by atoms with Crippen LogP contribution in [-0.2, 0) is 14.8 Å². The van der Waals surface area contributed by atoms with Gasteiger partial charge in [-0.1, -0.05) is 6.07 Å². The molecule has 0 radical (unpaired) electrons. The van der Waals surface area contributed by atoms with Crippen LogP contribution in [0.25, 0.3) is 0 Å². The number of carbonyl (C=O) groups excluding carboxylic acids is 1. The van der Waals surface area contributed by atoms with E-state index in [4.69, 9.17) is 4.42 Å². The average molecular weight is 485 g/mol. The first-order chi connectivity index (χ1) is 16.0. The van der Waals surface area contributed by atoms with E-state index in [2.05, 4.69) is 10.4 Å². The second-order valence-electron chi connectivity index (χ2n) is 7.99. The van der Waals surface area contributed by atoms with E-state index in [-0.39, 0.29) is 23.4 Å². The van der Waals surface area contributed by atoms with Gasteiger partial charge in [0.15, 0.2) is 0 Å². The minimum absolute atomic E-state index is 0.0245. The smallest absolute Gasteiger partial charge is 0.262 e. The monoisotopic (exact) mass is 484 g/mol. The number of amides is 1. The Bertz CT molecular complexity index is 1230. The van der Waals surface area contributed by atoms with Crippen molar-refractivity contribution in [3.05, 3.63) is 70.8 Å². The van der Waals surface area contributed by atoms with Crippen LogP contribution in [0.2, 0.25) is 0 Å². The second kappa shape index (κ2) is 9.12. The predicted molar refractivity (Wildman–Crippen MR) is 127 cm³/mol. The van der Waals surface area contributed by atoms with Gasteiger partial charge in [-0.05, 0) is 60.7 Å². The Labute approximate surface area is 196 Å². The summed E-state index contributed by atoms with van der Waals surface area (Å²) in [6.07, 6.45) is 3.97. The second-order valence-corrected chi connectivity index (χ2v) is 10.9. The van der Waals surface area contributed by atoms with Crippen LogP contribution < -0.4 is 5.32 Å². The Morgan fingerprint density at radius 3 is 2.58 bits per heavy atom. The Hall–Kier alpha value is -2.95. The van der Waals surface area contributed by atoms with E-state index in [0.717, 1.165) is 23.4 Å². The fourth-order valence-corrected chi connectivity index (χ4v) is 6.35. The third kappa shape index (κ3) is 4.46. The number of hydrazone groups is 1. The Kier molecular flexibility index (Phi) is 6.05. The van der Waals surface area contributed by atoms with Crippen molar-refractivity contribution < 1.29 is 17.6 Å². The van der Waals surface area contributed by atoms with Crippen LogP contribution in [-0.4, -0.2) is 49.0 Å². The van der Waals surface area contributed by atoms with Gasteiger partial charge in [-0.3, -0.25) is 4.79 Å². The molecule has 1 fully saturated rings. The van der Waals surface area contributed by atoms with Gasteiger partial charge >= 0.3 is 0 Å². The number of thiophene rings is 1. The summed E-state index contributed by atoms with van der Waals surface area (Å²) in [5.74, 6) is 0.492. The third-order valence-corrected chi connectivity index (χ3v) is 8.68. The molecule has 5 rings (SSSR count). The van der Waals surface area contributed by atoms with Crippen LogP contribution in [0.4, 0.5) is 5.69 Å². The number of sulfonamides is 1. The van der Waals surface area contributed by atoms with Gasteiger partial charge in [0.25, 0.3) is 5.91 Å². The van der Waals surface area contributed by atoms with E-state index in [1.807, 2.05) is 23.6 Å².